The van der Waals surface area contributed by atoms with E-state index in [1.165, 1.54) is 0 Å². The highest BCUT2D eigenvalue weighted by molar-refractivity contribution is 5.85. The second kappa shape index (κ2) is 5.14. The SMILES string of the molecule is CCOC(=O)CCC1(C)CC(CC)=NO1. The van der Waals surface area contributed by atoms with Crippen LogP contribution >= 0.6 is 0 Å². The predicted octanol–water partition coefficient (Wildman–Crippen LogP) is 2.27. The Labute approximate surface area is 90.6 Å². The molecule has 1 rings (SSSR count). The van der Waals surface area contributed by atoms with E-state index < -0.39 is 0 Å². The van der Waals surface area contributed by atoms with Crippen LogP contribution in [0.1, 0.15) is 46.5 Å². The molecule has 0 saturated heterocycles. The minimum atomic E-state index is -0.307. The van der Waals surface area contributed by atoms with Crippen molar-refractivity contribution in [2.45, 2.75) is 52.1 Å². The molecule has 0 aromatic rings. The van der Waals surface area contributed by atoms with E-state index in [9.17, 15) is 4.79 Å². The summed E-state index contributed by atoms with van der Waals surface area (Å²) in [6.45, 7) is 6.29. The van der Waals surface area contributed by atoms with Crippen molar-refractivity contribution in [3.8, 4) is 0 Å². The van der Waals surface area contributed by atoms with Gasteiger partial charge in [-0.15, -0.1) is 0 Å². The molecule has 0 aliphatic carbocycles. The summed E-state index contributed by atoms with van der Waals surface area (Å²) in [6.07, 6.45) is 2.80. The molecule has 1 aliphatic heterocycles. The monoisotopic (exact) mass is 213 g/mol. The van der Waals surface area contributed by atoms with E-state index in [-0.39, 0.29) is 11.6 Å². The van der Waals surface area contributed by atoms with E-state index in [1.54, 1.807) is 0 Å². The van der Waals surface area contributed by atoms with Crippen molar-refractivity contribution in [2.24, 2.45) is 5.16 Å². The van der Waals surface area contributed by atoms with Gasteiger partial charge in [-0.1, -0.05) is 12.1 Å². The van der Waals surface area contributed by atoms with Gasteiger partial charge in [-0.2, -0.15) is 0 Å². The zero-order valence-corrected chi connectivity index (χ0v) is 9.71. The number of nitrogens with zero attached hydrogens (tertiary/aromatic N) is 1. The molecule has 1 heterocycles. The van der Waals surface area contributed by atoms with Gasteiger partial charge in [0.2, 0.25) is 0 Å². The third-order valence-corrected chi connectivity index (χ3v) is 2.54. The molecule has 0 saturated carbocycles. The molecule has 4 heteroatoms. The Bertz CT molecular complexity index is 263. The number of carbonyl (C=O) groups excluding carboxylic acids is 1. The Kier molecular flexibility index (Phi) is 4.12. The molecule has 1 unspecified atom stereocenters. The summed E-state index contributed by atoms with van der Waals surface area (Å²) in [5.41, 5.74) is 0.763. The van der Waals surface area contributed by atoms with Crippen molar-refractivity contribution in [1.29, 1.82) is 0 Å². The quantitative estimate of drug-likeness (QED) is 0.658. The maximum atomic E-state index is 11.2. The average molecular weight is 213 g/mol. The highest BCUT2D eigenvalue weighted by atomic mass is 16.7. The van der Waals surface area contributed by atoms with Crippen LogP contribution in [0.15, 0.2) is 5.16 Å². The van der Waals surface area contributed by atoms with Crippen LogP contribution in [-0.4, -0.2) is 23.9 Å². The minimum absolute atomic E-state index is 0.160. The normalized spacial score (nSPS) is 24.6. The molecule has 86 valence electrons. The Hall–Kier alpha value is -1.06. The lowest BCUT2D eigenvalue weighted by Crippen LogP contribution is -2.26. The third-order valence-electron chi connectivity index (χ3n) is 2.54. The van der Waals surface area contributed by atoms with Gasteiger partial charge in [0, 0.05) is 19.3 Å². The lowest BCUT2D eigenvalue weighted by Gasteiger charge is -2.20. The van der Waals surface area contributed by atoms with Crippen LogP contribution in [0.4, 0.5) is 0 Å². The summed E-state index contributed by atoms with van der Waals surface area (Å²) in [7, 11) is 0. The van der Waals surface area contributed by atoms with Crippen molar-refractivity contribution < 1.29 is 14.4 Å². The molecule has 0 aromatic heterocycles. The predicted molar refractivity (Wildman–Crippen MR) is 57.7 cm³/mol. The Morgan fingerprint density at radius 3 is 2.87 bits per heavy atom. The Morgan fingerprint density at radius 2 is 2.33 bits per heavy atom. The second-order valence-electron chi connectivity index (χ2n) is 4.03. The highest BCUT2D eigenvalue weighted by Crippen LogP contribution is 2.29. The molecular weight excluding hydrogens is 194 g/mol. The van der Waals surface area contributed by atoms with E-state index in [1.807, 2.05) is 13.8 Å². The van der Waals surface area contributed by atoms with Gasteiger partial charge in [-0.25, -0.2) is 0 Å². The highest BCUT2D eigenvalue weighted by Gasteiger charge is 2.33. The van der Waals surface area contributed by atoms with Crippen LogP contribution in [0.25, 0.3) is 0 Å². The Morgan fingerprint density at radius 1 is 1.60 bits per heavy atom. The van der Waals surface area contributed by atoms with E-state index in [0.29, 0.717) is 19.4 Å². The molecule has 0 fully saturated rings. The molecule has 1 aliphatic rings. The third kappa shape index (κ3) is 3.53. The van der Waals surface area contributed by atoms with Gasteiger partial charge < -0.3 is 9.57 Å². The van der Waals surface area contributed by atoms with E-state index in [2.05, 4.69) is 12.1 Å². The smallest absolute Gasteiger partial charge is 0.305 e. The molecule has 0 radical (unpaired) electrons. The fraction of sp³-hybridized carbons (Fsp3) is 0.818. The van der Waals surface area contributed by atoms with Gasteiger partial charge in [0.1, 0.15) is 5.60 Å². The number of hydrogen-bond acceptors (Lipinski definition) is 4. The van der Waals surface area contributed by atoms with Crippen LogP contribution in [0.3, 0.4) is 0 Å². The summed E-state index contributed by atoms with van der Waals surface area (Å²) in [6, 6.07) is 0. The summed E-state index contributed by atoms with van der Waals surface area (Å²) < 4.78 is 4.87. The minimum Gasteiger partial charge on any atom is -0.466 e. The number of carbonyl (C=O) groups is 1. The molecule has 4 nitrogen and oxygen atoms in total. The topological polar surface area (TPSA) is 47.9 Å². The fourth-order valence-corrected chi connectivity index (χ4v) is 1.59. The first-order chi connectivity index (χ1) is 7.09. The van der Waals surface area contributed by atoms with E-state index in [4.69, 9.17) is 9.57 Å². The van der Waals surface area contributed by atoms with Gasteiger partial charge >= 0.3 is 5.97 Å². The number of esters is 1. The van der Waals surface area contributed by atoms with Crippen molar-refractivity contribution in [1.82, 2.24) is 0 Å². The zero-order valence-electron chi connectivity index (χ0n) is 9.71. The van der Waals surface area contributed by atoms with Gasteiger partial charge in [-0.3, -0.25) is 4.79 Å². The Balaban J connectivity index is 2.31. The number of rotatable bonds is 5. The van der Waals surface area contributed by atoms with Gasteiger partial charge in [0.05, 0.1) is 12.3 Å². The molecule has 0 amide bonds. The molecular formula is C11H19NO3. The van der Waals surface area contributed by atoms with E-state index in [0.717, 1.165) is 18.6 Å². The maximum Gasteiger partial charge on any atom is 0.305 e. The molecule has 15 heavy (non-hydrogen) atoms. The molecule has 0 bridgehead atoms. The summed E-state index contributed by atoms with van der Waals surface area (Å²) in [5.74, 6) is -0.160. The van der Waals surface area contributed by atoms with Crippen LogP contribution in [0.5, 0.6) is 0 Å². The van der Waals surface area contributed by atoms with Crippen molar-refractivity contribution >= 4 is 11.7 Å². The number of hydrogen-bond donors (Lipinski definition) is 0. The lowest BCUT2D eigenvalue weighted by molar-refractivity contribution is -0.144. The first-order valence-corrected chi connectivity index (χ1v) is 5.49. The van der Waals surface area contributed by atoms with Crippen LogP contribution in [0.2, 0.25) is 0 Å². The summed E-state index contributed by atoms with van der Waals surface area (Å²) >= 11 is 0. The molecule has 0 spiro atoms. The summed E-state index contributed by atoms with van der Waals surface area (Å²) in [4.78, 5) is 16.5. The molecule has 0 N–H and O–H groups in total. The zero-order chi connectivity index (χ0) is 11.3. The average Bonchev–Trinajstić information content (AvgIpc) is 2.59. The number of ether oxygens (including phenoxy) is 1. The van der Waals surface area contributed by atoms with Crippen LogP contribution < -0.4 is 0 Å². The van der Waals surface area contributed by atoms with Gasteiger partial charge in [0.25, 0.3) is 0 Å². The van der Waals surface area contributed by atoms with Crippen LogP contribution in [-0.2, 0) is 14.4 Å². The second-order valence-corrected chi connectivity index (χ2v) is 4.03. The van der Waals surface area contributed by atoms with Crippen molar-refractivity contribution in [3.63, 3.8) is 0 Å². The maximum absolute atomic E-state index is 11.2. The van der Waals surface area contributed by atoms with Crippen molar-refractivity contribution in [3.05, 3.63) is 0 Å². The summed E-state index contributed by atoms with van der Waals surface area (Å²) in [5, 5.41) is 4.00. The van der Waals surface area contributed by atoms with Gasteiger partial charge in [-0.05, 0) is 20.3 Å². The van der Waals surface area contributed by atoms with E-state index >= 15 is 0 Å². The molecule has 1 atom stereocenters. The first kappa shape index (κ1) is 12.0. The van der Waals surface area contributed by atoms with Crippen LogP contribution in [0, 0.1) is 0 Å². The number of oxime groups is 1. The molecule has 0 aromatic carbocycles. The van der Waals surface area contributed by atoms with Gasteiger partial charge in [0.15, 0.2) is 0 Å². The standard InChI is InChI=1S/C11H19NO3/c1-4-9-8-11(3,15-12-9)7-6-10(13)14-5-2/h4-8H2,1-3H3. The van der Waals surface area contributed by atoms with Crippen molar-refractivity contribution in [2.75, 3.05) is 6.61 Å². The lowest BCUT2D eigenvalue weighted by atomic mass is 9.93. The fourth-order valence-electron chi connectivity index (χ4n) is 1.59. The largest absolute Gasteiger partial charge is 0.466 e. The first-order valence-electron chi connectivity index (χ1n) is 5.49.